The molecule has 2 aromatic rings. The molecule has 0 aliphatic carbocycles. The summed E-state index contributed by atoms with van der Waals surface area (Å²) in [5, 5.41) is 0. The van der Waals surface area contributed by atoms with Gasteiger partial charge in [0, 0.05) is 16.7 Å². The van der Waals surface area contributed by atoms with Gasteiger partial charge in [0.15, 0.2) is 0 Å². The average Bonchev–Trinajstić information content (AvgIpc) is 2.47. The largest absolute Gasteiger partial charge is 0.327 e. The summed E-state index contributed by atoms with van der Waals surface area (Å²) in [6, 6.07) is 15.5. The molecule has 0 saturated carbocycles. The van der Waals surface area contributed by atoms with Crippen LogP contribution in [0.15, 0.2) is 53.4 Å². The van der Waals surface area contributed by atoms with Gasteiger partial charge in [-0.3, -0.25) is 0 Å². The van der Waals surface area contributed by atoms with Crippen LogP contribution in [-0.4, -0.2) is 6.04 Å². The molecule has 0 saturated heterocycles. The van der Waals surface area contributed by atoms with E-state index in [1.165, 1.54) is 11.6 Å². The van der Waals surface area contributed by atoms with E-state index in [-0.39, 0.29) is 11.9 Å². The van der Waals surface area contributed by atoms with Gasteiger partial charge in [-0.05, 0) is 30.0 Å². The third-order valence-corrected chi connectivity index (χ3v) is 4.50. The number of thioether (sulfide) groups is 1. The quantitative estimate of drug-likeness (QED) is 0.798. The van der Waals surface area contributed by atoms with Crippen LogP contribution >= 0.6 is 11.8 Å². The lowest BCUT2D eigenvalue weighted by Gasteiger charge is -2.14. The van der Waals surface area contributed by atoms with E-state index in [0.717, 1.165) is 29.1 Å². The second kappa shape index (κ2) is 7.46. The molecule has 0 fully saturated rings. The number of nitrogens with two attached hydrogens (primary N) is 1. The Balaban J connectivity index is 2.13. The number of hydrogen-bond donors (Lipinski definition) is 1. The van der Waals surface area contributed by atoms with E-state index < -0.39 is 0 Å². The van der Waals surface area contributed by atoms with Crippen molar-refractivity contribution in [2.24, 2.45) is 5.73 Å². The van der Waals surface area contributed by atoms with Gasteiger partial charge in [-0.25, -0.2) is 4.39 Å². The fourth-order valence-electron chi connectivity index (χ4n) is 2.03. The molecule has 0 heterocycles. The first-order valence-corrected chi connectivity index (χ1v) is 7.89. The van der Waals surface area contributed by atoms with Crippen LogP contribution in [0.4, 0.5) is 4.39 Å². The van der Waals surface area contributed by atoms with Crippen LogP contribution in [0.2, 0.25) is 0 Å². The Labute approximate surface area is 124 Å². The number of halogens is 1. The van der Waals surface area contributed by atoms with Crippen LogP contribution < -0.4 is 5.73 Å². The lowest BCUT2D eigenvalue weighted by atomic mass is 10.0. The van der Waals surface area contributed by atoms with Crippen molar-refractivity contribution in [2.75, 3.05) is 0 Å². The Morgan fingerprint density at radius 2 is 1.85 bits per heavy atom. The Kier molecular flexibility index (Phi) is 5.62. The maximum Gasteiger partial charge on any atom is 0.137 e. The van der Waals surface area contributed by atoms with Crippen molar-refractivity contribution in [2.45, 2.75) is 36.5 Å². The summed E-state index contributed by atoms with van der Waals surface area (Å²) >= 11 is 1.55. The molecule has 106 valence electrons. The molecule has 2 rings (SSSR count). The SMILES string of the molecule is CCC(N)Cc1cccc(F)c1SCc1ccccc1. The highest BCUT2D eigenvalue weighted by Crippen LogP contribution is 2.29. The minimum absolute atomic E-state index is 0.0906. The summed E-state index contributed by atoms with van der Waals surface area (Å²) in [5.41, 5.74) is 8.21. The van der Waals surface area contributed by atoms with Gasteiger partial charge in [0.1, 0.15) is 5.82 Å². The molecule has 0 amide bonds. The smallest absolute Gasteiger partial charge is 0.137 e. The van der Waals surface area contributed by atoms with Crippen LogP contribution in [0.1, 0.15) is 24.5 Å². The molecule has 0 radical (unpaired) electrons. The summed E-state index contributed by atoms with van der Waals surface area (Å²) in [7, 11) is 0. The maximum absolute atomic E-state index is 14.0. The highest BCUT2D eigenvalue weighted by molar-refractivity contribution is 7.98. The average molecular weight is 289 g/mol. The zero-order chi connectivity index (χ0) is 14.4. The summed E-state index contributed by atoms with van der Waals surface area (Å²) < 4.78 is 14.0. The molecule has 1 atom stereocenters. The maximum atomic E-state index is 14.0. The minimum atomic E-state index is -0.147. The van der Waals surface area contributed by atoms with Crippen LogP contribution in [0, 0.1) is 5.82 Å². The Morgan fingerprint density at radius 1 is 1.10 bits per heavy atom. The van der Waals surface area contributed by atoms with Crippen LogP contribution in [0.25, 0.3) is 0 Å². The van der Waals surface area contributed by atoms with E-state index in [9.17, 15) is 4.39 Å². The first kappa shape index (κ1) is 15.1. The summed E-state index contributed by atoms with van der Waals surface area (Å²) in [5.74, 6) is 0.627. The highest BCUT2D eigenvalue weighted by atomic mass is 32.2. The molecule has 1 nitrogen and oxygen atoms in total. The van der Waals surface area contributed by atoms with E-state index in [0.29, 0.717) is 0 Å². The molecule has 3 heteroatoms. The molecule has 0 bridgehead atoms. The van der Waals surface area contributed by atoms with Crippen molar-refractivity contribution < 1.29 is 4.39 Å². The van der Waals surface area contributed by atoms with Crippen molar-refractivity contribution in [1.29, 1.82) is 0 Å². The number of rotatable bonds is 6. The van der Waals surface area contributed by atoms with Gasteiger partial charge in [0.05, 0.1) is 0 Å². The molecule has 20 heavy (non-hydrogen) atoms. The molecule has 0 aliphatic heterocycles. The first-order chi connectivity index (χ1) is 9.70. The highest BCUT2D eigenvalue weighted by Gasteiger charge is 2.11. The molecule has 0 aliphatic rings. The van der Waals surface area contributed by atoms with Gasteiger partial charge in [-0.15, -0.1) is 11.8 Å². The van der Waals surface area contributed by atoms with E-state index in [2.05, 4.69) is 19.1 Å². The molecule has 2 aromatic carbocycles. The van der Waals surface area contributed by atoms with E-state index in [4.69, 9.17) is 5.73 Å². The van der Waals surface area contributed by atoms with Gasteiger partial charge < -0.3 is 5.73 Å². The predicted octanol–water partition coefficient (Wildman–Crippen LogP) is 4.40. The monoisotopic (exact) mass is 289 g/mol. The fraction of sp³-hybridized carbons (Fsp3) is 0.294. The third-order valence-electron chi connectivity index (χ3n) is 3.28. The molecule has 1 unspecified atom stereocenters. The van der Waals surface area contributed by atoms with Gasteiger partial charge >= 0.3 is 0 Å². The zero-order valence-corrected chi connectivity index (χ0v) is 12.5. The van der Waals surface area contributed by atoms with Crippen LogP contribution in [-0.2, 0) is 12.2 Å². The molecule has 0 spiro atoms. The Morgan fingerprint density at radius 3 is 2.55 bits per heavy atom. The van der Waals surface area contributed by atoms with E-state index in [1.54, 1.807) is 17.8 Å². The van der Waals surface area contributed by atoms with Gasteiger partial charge in [-0.2, -0.15) is 0 Å². The standard InChI is InChI=1S/C17H20FNS/c1-2-15(19)11-14-9-6-10-16(18)17(14)20-12-13-7-4-3-5-8-13/h3-10,15H,2,11-12,19H2,1H3. The van der Waals surface area contributed by atoms with E-state index in [1.807, 2.05) is 24.3 Å². The lowest BCUT2D eigenvalue weighted by molar-refractivity contribution is 0.585. The normalized spacial score (nSPS) is 12.3. The van der Waals surface area contributed by atoms with Gasteiger partial charge in [0.25, 0.3) is 0 Å². The van der Waals surface area contributed by atoms with Gasteiger partial charge in [-0.1, -0.05) is 49.4 Å². The number of hydrogen-bond acceptors (Lipinski definition) is 2. The van der Waals surface area contributed by atoms with Gasteiger partial charge in [0.2, 0.25) is 0 Å². The zero-order valence-electron chi connectivity index (χ0n) is 11.7. The molecular weight excluding hydrogens is 269 g/mol. The van der Waals surface area contributed by atoms with Crippen molar-refractivity contribution in [3.05, 3.63) is 65.5 Å². The van der Waals surface area contributed by atoms with Crippen LogP contribution in [0.5, 0.6) is 0 Å². The Hall–Kier alpha value is -1.32. The Bertz CT molecular complexity index is 542. The lowest BCUT2D eigenvalue weighted by Crippen LogP contribution is -2.21. The van der Waals surface area contributed by atoms with Crippen molar-refractivity contribution in [3.63, 3.8) is 0 Å². The van der Waals surface area contributed by atoms with Crippen molar-refractivity contribution >= 4 is 11.8 Å². The van der Waals surface area contributed by atoms with Crippen molar-refractivity contribution in [1.82, 2.24) is 0 Å². The number of benzene rings is 2. The minimum Gasteiger partial charge on any atom is -0.327 e. The van der Waals surface area contributed by atoms with E-state index >= 15 is 0 Å². The van der Waals surface area contributed by atoms with Crippen LogP contribution in [0.3, 0.4) is 0 Å². The second-order valence-corrected chi connectivity index (χ2v) is 5.86. The molecule has 2 N–H and O–H groups in total. The summed E-state index contributed by atoms with van der Waals surface area (Å²) in [6.07, 6.45) is 1.63. The second-order valence-electron chi connectivity index (χ2n) is 4.87. The fourth-order valence-corrected chi connectivity index (χ4v) is 3.08. The third kappa shape index (κ3) is 4.09. The predicted molar refractivity (Wildman–Crippen MR) is 84.4 cm³/mol. The van der Waals surface area contributed by atoms with Crippen molar-refractivity contribution in [3.8, 4) is 0 Å². The topological polar surface area (TPSA) is 26.0 Å². The molecule has 0 aromatic heterocycles. The summed E-state index contributed by atoms with van der Waals surface area (Å²) in [4.78, 5) is 0.736. The first-order valence-electron chi connectivity index (χ1n) is 6.90. The summed E-state index contributed by atoms with van der Waals surface area (Å²) in [6.45, 7) is 2.06. The molecular formula is C17H20FNS.